The van der Waals surface area contributed by atoms with Gasteiger partial charge in [-0.2, -0.15) is 8.78 Å². The molecule has 0 spiro atoms. The number of aryl methyl sites for hydroxylation is 1. The molecular formula is C19H15F2N3O5S. The summed E-state index contributed by atoms with van der Waals surface area (Å²) in [6.07, 6.45) is 0. The normalized spacial score (nSPS) is 10.7. The third kappa shape index (κ3) is 4.69. The van der Waals surface area contributed by atoms with E-state index in [-0.39, 0.29) is 27.9 Å². The lowest BCUT2D eigenvalue weighted by Crippen LogP contribution is -2.13. The van der Waals surface area contributed by atoms with E-state index in [0.29, 0.717) is 11.3 Å². The third-order valence-electron chi connectivity index (χ3n) is 4.01. The van der Waals surface area contributed by atoms with Gasteiger partial charge in [0.15, 0.2) is 5.13 Å². The van der Waals surface area contributed by atoms with Gasteiger partial charge in [-0.3, -0.25) is 20.2 Å². The number of ether oxygens (including phenoxy) is 2. The van der Waals surface area contributed by atoms with Crippen molar-refractivity contribution in [1.29, 1.82) is 0 Å². The first-order valence-corrected chi connectivity index (χ1v) is 9.26. The van der Waals surface area contributed by atoms with E-state index in [1.807, 2.05) is 0 Å². The molecule has 1 aromatic heterocycles. The number of nitrogens with zero attached hydrogens (tertiary/aromatic N) is 2. The minimum absolute atomic E-state index is 0.00500. The van der Waals surface area contributed by atoms with Crippen molar-refractivity contribution in [1.82, 2.24) is 4.98 Å². The Labute approximate surface area is 173 Å². The van der Waals surface area contributed by atoms with Gasteiger partial charge in [0.25, 0.3) is 11.6 Å². The molecule has 0 saturated carbocycles. The summed E-state index contributed by atoms with van der Waals surface area (Å²) in [5.41, 5.74) is 0.960. The number of alkyl halides is 2. The molecule has 0 aliphatic heterocycles. The molecule has 30 heavy (non-hydrogen) atoms. The van der Waals surface area contributed by atoms with Crippen LogP contribution >= 0.6 is 11.3 Å². The average molecular weight is 435 g/mol. The summed E-state index contributed by atoms with van der Waals surface area (Å²) in [7, 11) is 1.35. The second-order valence-corrected chi connectivity index (χ2v) is 7.13. The molecule has 1 amide bonds. The highest BCUT2D eigenvalue weighted by atomic mass is 32.1. The molecule has 1 N–H and O–H groups in total. The van der Waals surface area contributed by atoms with Gasteiger partial charge in [0.2, 0.25) is 0 Å². The zero-order chi connectivity index (χ0) is 21.8. The molecule has 0 atom stereocenters. The van der Waals surface area contributed by atoms with E-state index >= 15 is 0 Å². The van der Waals surface area contributed by atoms with E-state index in [1.165, 1.54) is 42.7 Å². The summed E-state index contributed by atoms with van der Waals surface area (Å²) in [6, 6.07) is 9.65. The Balaban J connectivity index is 1.83. The lowest BCUT2D eigenvalue weighted by atomic mass is 10.1. The van der Waals surface area contributed by atoms with E-state index in [1.54, 1.807) is 19.1 Å². The number of rotatable bonds is 7. The van der Waals surface area contributed by atoms with Crippen LogP contribution in [0.3, 0.4) is 0 Å². The quantitative estimate of drug-likeness (QED) is 0.419. The summed E-state index contributed by atoms with van der Waals surface area (Å²) < 4.78 is 34.0. The van der Waals surface area contributed by atoms with E-state index in [9.17, 15) is 23.7 Å². The molecule has 156 valence electrons. The van der Waals surface area contributed by atoms with Crippen molar-refractivity contribution in [3.8, 4) is 22.8 Å². The Kier molecular flexibility index (Phi) is 6.21. The summed E-state index contributed by atoms with van der Waals surface area (Å²) in [5, 5.41) is 13.9. The molecule has 0 fully saturated rings. The predicted molar refractivity (Wildman–Crippen MR) is 107 cm³/mol. The van der Waals surface area contributed by atoms with Crippen LogP contribution in [0.1, 0.15) is 15.2 Å². The van der Waals surface area contributed by atoms with Crippen LogP contribution in [0.5, 0.6) is 11.5 Å². The second-order valence-electron chi connectivity index (χ2n) is 5.92. The van der Waals surface area contributed by atoms with Gasteiger partial charge in [0.05, 0.1) is 23.3 Å². The highest BCUT2D eigenvalue weighted by molar-refractivity contribution is 7.16. The number of anilines is 1. The number of methoxy groups -OCH3 is 1. The first-order chi connectivity index (χ1) is 14.3. The Bertz CT molecular complexity index is 1090. The maximum absolute atomic E-state index is 12.6. The summed E-state index contributed by atoms with van der Waals surface area (Å²) in [5.74, 6) is -0.411. The molecule has 8 nitrogen and oxygen atoms in total. The third-order valence-corrected chi connectivity index (χ3v) is 4.89. The van der Waals surface area contributed by atoms with Crippen LogP contribution in [0.15, 0.2) is 42.5 Å². The zero-order valence-electron chi connectivity index (χ0n) is 15.7. The summed E-state index contributed by atoms with van der Waals surface area (Å²) in [6.45, 7) is -1.12. The number of amides is 1. The van der Waals surface area contributed by atoms with E-state index in [2.05, 4.69) is 15.0 Å². The van der Waals surface area contributed by atoms with Crippen LogP contribution in [0.2, 0.25) is 0 Å². The van der Waals surface area contributed by atoms with Gasteiger partial charge in [0, 0.05) is 22.6 Å². The van der Waals surface area contributed by atoms with Crippen LogP contribution < -0.4 is 14.8 Å². The Hall–Kier alpha value is -3.60. The molecule has 1 heterocycles. The van der Waals surface area contributed by atoms with E-state index in [0.717, 1.165) is 10.9 Å². The minimum Gasteiger partial charge on any atom is -0.496 e. The molecular weight excluding hydrogens is 420 g/mol. The Morgan fingerprint density at radius 1 is 1.23 bits per heavy atom. The number of thiazole rings is 1. The van der Waals surface area contributed by atoms with Crippen LogP contribution in [0, 0.1) is 17.0 Å². The Morgan fingerprint density at radius 3 is 2.53 bits per heavy atom. The summed E-state index contributed by atoms with van der Waals surface area (Å²) in [4.78, 5) is 28.2. The monoisotopic (exact) mass is 435 g/mol. The van der Waals surface area contributed by atoms with Gasteiger partial charge in [-0.15, -0.1) is 11.3 Å². The molecule has 0 unspecified atom stereocenters. The van der Waals surface area contributed by atoms with Crippen LogP contribution in [-0.4, -0.2) is 29.5 Å². The van der Waals surface area contributed by atoms with Gasteiger partial charge < -0.3 is 9.47 Å². The van der Waals surface area contributed by atoms with Crippen molar-refractivity contribution in [2.24, 2.45) is 0 Å². The van der Waals surface area contributed by atoms with Crippen molar-refractivity contribution >= 4 is 28.1 Å². The van der Waals surface area contributed by atoms with Gasteiger partial charge in [0.1, 0.15) is 11.5 Å². The lowest BCUT2D eigenvalue weighted by molar-refractivity contribution is -0.384. The minimum atomic E-state index is -2.91. The van der Waals surface area contributed by atoms with Crippen molar-refractivity contribution in [2.75, 3.05) is 12.4 Å². The van der Waals surface area contributed by atoms with Crippen molar-refractivity contribution in [2.45, 2.75) is 13.5 Å². The second kappa shape index (κ2) is 8.82. The van der Waals surface area contributed by atoms with Gasteiger partial charge in [-0.05, 0) is 37.3 Å². The van der Waals surface area contributed by atoms with Crippen LogP contribution in [-0.2, 0) is 0 Å². The van der Waals surface area contributed by atoms with Crippen molar-refractivity contribution < 1.29 is 28.0 Å². The molecule has 0 bridgehead atoms. The molecule has 0 aliphatic rings. The number of benzene rings is 2. The number of carbonyl (C=O) groups excluding carboxylic acids is 1. The SMILES string of the molecule is COc1ccc([N+](=O)[O-])cc1C(=O)Nc1nc(-c2ccc(OC(F)F)cc2)c(C)s1. The highest BCUT2D eigenvalue weighted by Crippen LogP contribution is 2.32. The number of nitro groups is 1. The molecule has 0 saturated heterocycles. The Morgan fingerprint density at radius 2 is 1.93 bits per heavy atom. The number of non-ortho nitro benzene ring substituents is 1. The van der Waals surface area contributed by atoms with Crippen LogP contribution in [0.4, 0.5) is 19.6 Å². The first-order valence-electron chi connectivity index (χ1n) is 8.45. The number of nitrogens with one attached hydrogen (secondary N) is 1. The fourth-order valence-electron chi connectivity index (χ4n) is 2.66. The number of aromatic nitrogens is 1. The highest BCUT2D eigenvalue weighted by Gasteiger charge is 2.19. The number of nitro benzene ring substituents is 1. The molecule has 11 heteroatoms. The van der Waals surface area contributed by atoms with E-state index in [4.69, 9.17) is 4.74 Å². The van der Waals surface area contributed by atoms with Gasteiger partial charge >= 0.3 is 6.61 Å². The number of halogens is 2. The fraction of sp³-hybridized carbons (Fsp3) is 0.158. The average Bonchev–Trinajstić information content (AvgIpc) is 3.07. The largest absolute Gasteiger partial charge is 0.496 e. The number of carbonyl (C=O) groups is 1. The first kappa shape index (κ1) is 21.1. The smallest absolute Gasteiger partial charge is 0.387 e. The van der Waals surface area contributed by atoms with Gasteiger partial charge in [-0.1, -0.05) is 0 Å². The number of hydrogen-bond donors (Lipinski definition) is 1. The molecule has 3 aromatic rings. The van der Waals surface area contributed by atoms with Crippen LogP contribution in [0.25, 0.3) is 11.3 Å². The number of hydrogen-bond acceptors (Lipinski definition) is 7. The molecule has 3 rings (SSSR count). The fourth-order valence-corrected chi connectivity index (χ4v) is 3.49. The topological polar surface area (TPSA) is 104 Å². The lowest BCUT2D eigenvalue weighted by Gasteiger charge is -2.07. The molecule has 2 aromatic carbocycles. The van der Waals surface area contributed by atoms with Crippen molar-refractivity contribution in [3.63, 3.8) is 0 Å². The standard InChI is InChI=1S/C19H15F2N3O5S/c1-10-16(11-3-6-13(7-4-11)29-18(20)21)22-19(30-10)23-17(25)14-9-12(24(26)27)5-8-15(14)28-2/h3-9,18H,1-2H3,(H,22,23,25). The zero-order valence-corrected chi connectivity index (χ0v) is 16.5. The van der Waals surface area contributed by atoms with Gasteiger partial charge in [-0.25, -0.2) is 4.98 Å². The molecule has 0 radical (unpaired) electrons. The maximum atomic E-state index is 12.6. The van der Waals surface area contributed by atoms with E-state index < -0.39 is 17.4 Å². The predicted octanol–water partition coefficient (Wildman–Crippen LogP) is 4.89. The molecule has 0 aliphatic carbocycles. The maximum Gasteiger partial charge on any atom is 0.387 e. The summed E-state index contributed by atoms with van der Waals surface area (Å²) >= 11 is 1.20. The van der Waals surface area contributed by atoms with Crippen molar-refractivity contribution in [3.05, 3.63) is 63.0 Å².